The molecule has 0 radical (unpaired) electrons. The first-order valence-corrected chi connectivity index (χ1v) is 12.8. The van der Waals surface area contributed by atoms with Crippen LogP contribution in [0.3, 0.4) is 0 Å². The van der Waals surface area contributed by atoms with Crippen LogP contribution in [0.4, 0.5) is 0 Å². The second-order valence-electron chi connectivity index (χ2n) is 12.7. The molecule has 0 amide bonds. The minimum atomic E-state index is -0.556. The van der Waals surface area contributed by atoms with Gasteiger partial charge in [0, 0.05) is 0 Å². The van der Waals surface area contributed by atoms with Gasteiger partial charge in [-0.3, -0.25) is 0 Å². The van der Waals surface area contributed by atoms with E-state index >= 15 is 0 Å². The lowest BCUT2D eigenvalue weighted by atomic mass is 9.46. The fourth-order valence-electron chi connectivity index (χ4n) is 8.66. The summed E-state index contributed by atoms with van der Waals surface area (Å²) in [6.07, 6.45) is 12.6. The fraction of sp³-hybridized carbons (Fsp3) is 0.926. The van der Waals surface area contributed by atoms with Gasteiger partial charge in [0.15, 0.2) is 0 Å². The lowest BCUT2D eigenvalue weighted by Crippen LogP contribution is -2.54. The first-order chi connectivity index (χ1) is 14.0. The van der Waals surface area contributed by atoms with Gasteiger partial charge in [0.2, 0.25) is 0 Å². The van der Waals surface area contributed by atoms with Gasteiger partial charge in [0.1, 0.15) is 0 Å². The Bertz CT molecular complexity index is 664. The summed E-state index contributed by atoms with van der Waals surface area (Å²) in [7, 11) is 0. The maximum absolute atomic E-state index is 11.3. The molecule has 0 saturated heterocycles. The number of rotatable bonds is 5. The Morgan fingerprint density at radius 3 is 2.50 bits per heavy atom. The molecular weight excluding hydrogens is 372 g/mol. The van der Waals surface area contributed by atoms with Crippen molar-refractivity contribution in [3.63, 3.8) is 0 Å². The summed E-state index contributed by atoms with van der Waals surface area (Å²) >= 11 is 0. The summed E-state index contributed by atoms with van der Waals surface area (Å²) in [5.74, 6) is 3.01. The van der Waals surface area contributed by atoms with Gasteiger partial charge in [-0.2, -0.15) is 0 Å². The van der Waals surface area contributed by atoms with Crippen LogP contribution >= 0.6 is 0 Å². The molecule has 3 heteroatoms. The van der Waals surface area contributed by atoms with Crippen LogP contribution in [0.2, 0.25) is 0 Å². The van der Waals surface area contributed by atoms with E-state index in [9.17, 15) is 15.3 Å². The molecule has 0 aromatic rings. The van der Waals surface area contributed by atoms with E-state index in [2.05, 4.69) is 26.8 Å². The van der Waals surface area contributed by atoms with Crippen molar-refractivity contribution in [2.24, 2.45) is 40.4 Å². The van der Waals surface area contributed by atoms with Gasteiger partial charge in [-0.25, -0.2) is 0 Å². The van der Waals surface area contributed by atoms with Crippen LogP contribution in [0.25, 0.3) is 0 Å². The molecule has 0 bridgehead atoms. The van der Waals surface area contributed by atoms with E-state index in [0.717, 1.165) is 38.0 Å². The van der Waals surface area contributed by atoms with Crippen molar-refractivity contribution in [2.45, 2.75) is 117 Å². The highest BCUT2D eigenvalue weighted by Crippen LogP contribution is 2.67. The Balaban J connectivity index is 1.52. The predicted octanol–water partition coefficient (Wildman–Crippen LogP) is 5.47. The quantitative estimate of drug-likeness (QED) is 0.519. The molecule has 0 heterocycles. The minimum Gasteiger partial charge on any atom is -0.393 e. The molecule has 3 saturated carbocycles. The van der Waals surface area contributed by atoms with E-state index < -0.39 is 5.60 Å². The largest absolute Gasteiger partial charge is 0.393 e. The molecule has 3 N–H and O–H groups in total. The number of hydrogen-bond donors (Lipinski definition) is 3. The Labute approximate surface area is 184 Å². The average molecular weight is 419 g/mol. The molecule has 0 aromatic heterocycles. The predicted molar refractivity (Wildman–Crippen MR) is 122 cm³/mol. The molecular formula is C27H46O3. The van der Waals surface area contributed by atoms with Gasteiger partial charge in [-0.1, -0.05) is 45.3 Å². The van der Waals surface area contributed by atoms with Gasteiger partial charge in [-0.15, -0.1) is 0 Å². The van der Waals surface area contributed by atoms with E-state index in [-0.39, 0.29) is 17.6 Å². The smallest absolute Gasteiger partial charge is 0.0757 e. The van der Waals surface area contributed by atoms with E-state index in [1.54, 1.807) is 0 Å². The average Bonchev–Trinajstić information content (AvgIpc) is 2.99. The molecule has 30 heavy (non-hydrogen) atoms. The van der Waals surface area contributed by atoms with E-state index in [4.69, 9.17) is 0 Å². The van der Waals surface area contributed by atoms with Gasteiger partial charge in [-0.05, 0) is 106 Å². The summed E-state index contributed by atoms with van der Waals surface area (Å²) in [5, 5.41) is 31.6. The van der Waals surface area contributed by atoms with Gasteiger partial charge in [0.25, 0.3) is 0 Å². The van der Waals surface area contributed by atoms with Gasteiger partial charge < -0.3 is 15.3 Å². The monoisotopic (exact) mass is 418 g/mol. The van der Waals surface area contributed by atoms with Crippen molar-refractivity contribution in [1.29, 1.82) is 0 Å². The Morgan fingerprint density at radius 1 is 1.07 bits per heavy atom. The molecule has 4 aliphatic carbocycles. The Hall–Kier alpha value is -0.380. The molecule has 4 rings (SSSR count). The molecule has 3 fully saturated rings. The number of fused-ring (bicyclic) bond motifs is 5. The third-order valence-electron chi connectivity index (χ3n) is 10.3. The molecule has 0 aliphatic heterocycles. The van der Waals surface area contributed by atoms with E-state index in [1.807, 2.05) is 13.8 Å². The minimum absolute atomic E-state index is 0.181. The van der Waals surface area contributed by atoms with Crippen molar-refractivity contribution < 1.29 is 15.3 Å². The summed E-state index contributed by atoms with van der Waals surface area (Å²) in [6, 6.07) is 0. The number of aliphatic hydroxyl groups excluding tert-OH is 2. The second-order valence-corrected chi connectivity index (χ2v) is 12.7. The van der Waals surface area contributed by atoms with Crippen molar-refractivity contribution in [2.75, 3.05) is 0 Å². The lowest BCUT2D eigenvalue weighted by molar-refractivity contribution is -0.0971. The van der Waals surface area contributed by atoms with Crippen molar-refractivity contribution in [1.82, 2.24) is 0 Å². The highest BCUT2D eigenvalue weighted by Gasteiger charge is 2.61. The molecule has 0 aromatic carbocycles. The standard InChI is InChI=1S/C27H46O3/c1-17(7-6-12-25(2,3)30)20-8-9-21-24-22(11-14-27(20,21)5)26(4)13-10-19(28)15-18(26)16-23(24)29/h16-17,19-24,28-30H,6-15H2,1-5H3/t17-,19+,20-,21+,22?,23?,24?,26+,27-/m1/s1. The number of aliphatic hydroxyl groups is 3. The van der Waals surface area contributed by atoms with Crippen LogP contribution in [0.5, 0.6) is 0 Å². The molecule has 3 unspecified atom stereocenters. The van der Waals surface area contributed by atoms with E-state index in [1.165, 1.54) is 37.7 Å². The van der Waals surface area contributed by atoms with Crippen molar-refractivity contribution in [3.8, 4) is 0 Å². The van der Waals surface area contributed by atoms with Crippen molar-refractivity contribution >= 4 is 0 Å². The zero-order chi connectivity index (χ0) is 21.9. The summed E-state index contributed by atoms with van der Waals surface area (Å²) < 4.78 is 0. The van der Waals surface area contributed by atoms with Crippen molar-refractivity contribution in [3.05, 3.63) is 11.6 Å². The third-order valence-corrected chi connectivity index (χ3v) is 10.3. The third kappa shape index (κ3) is 3.82. The Kier molecular flexibility index (Phi) is 5.99. The highest BCUT2D eigenvalue weighted by atomic mass is 16.3. The highest BCUT2D eigenvalue weighted by molar-refractivity contribution is 5.27. The summed E-state index contributed by atoms with van der Waals surface area (Å²) in [6.45, 7) is 11.2. The molecule has 3 nitrogen and oxygen atoms in total. The van der Waals surface area contributed by atoms with Crippen LogP contribution in [0, 0.1) is 40.4 Å². The van der Waals surface area contributed by atoms with Gasteiger partial charge >= 0.3 is 0 Å². The topological polar surface area (TPSA) is 60.7 Å². The lowest BCUT2D eigenvalue weighted by Gasteiger charge is -2.59. The second kappa shape index (κ2) is 7.89. The van der Waals surface area contributed by atoms with E-state index in [0.29, 0.717) is 29.1 Å². The normalized spacial score (nSPS) is 47.1. The van der Waals surface area contributed by atoms with Crippen LogP contribution in [0.15, 0.2) is 11.6 Å². The van der Waals surface area contributed by atoms with Crippen LogP contribution in [0.1, 0.15) is 98.8 Å². The Morgan fingerprint density at radius 2 is 1.80 bits per heavy atom. The fourth-order valence-corrected chi connectivity index (χ4v) is 8.66. The zero-order valence-corrected chi connectivity index (χ0v) is 20.0. The maximum Gasteiger partial charge on any atom is 0.0757 e. The molecule has 0 spiro atoms. The molecule has 9 atom stereocenters. The van der Waals surface area contributed by atoms with Gasteiger partial charge in [0.05, 0.1) is 17.8 Å². The van der Waals surface area contributed by atoms with Crippen LogP contribution in [-0.4, -0.2) is 33.1 Å². The first-order valence-electron chi connectivity index (χ1n) is 12.8. The number of hydrogen-bond acceptors (Lipinski definition) is 3. The summed E-state index contributed by atoms with van der Waals surface area (Å²) in [4.78, 5) is 0. The molecule has 172 valence electrons. The summed E-state index contributed by atoms with van der Waals surface area (Å²) in [5.41, 5.74) is 1.31. The van der Waals surface area contributed by atoms with Crippen LogP contribution < -0.4 is 0 Å². The van der Waals surface area contributed by atoms with Crippen LogP contribution in [-0.2, 0) is 0 Å². The molecule has 4 aliphatic rings. The SMILES string of the molecule is C[C@H](CCCC(C)(C)O)[C@H]1CC[C@H]2C3C(O)C=C4C[C@@H](O)CC[C@]4(C)C3CC[C@]12C. The first kappa shape index (κ1) is 22.8. The maximum atomic E-state index is 11.3. The zero-order valence-electron chi connectivity index (χ0n) is 20.0.